The first-order chi connectivity index (χ1) is 9.30. The Balaban J connectivity index is 2.62. The van der Waals surface area contributed by atoms with Crippen molar-refractivity contribution in [1.82, 2.24) is 5.32 Å². The van der Waals surface area contributed by atoms with Crippen LogP contribution in [0.5, 0.6) is 5.75 Å². The minimum atomic E-state index is -0.315. The van der Waals surface area contributed by atoms with Crippen LogP contribution in [0.3, 0.4) is 0 Å². The Morgan fingerprint density at radius 1 is 1.45 bits per heavy atom. The Bertz CT molecular complexity index is 495. The van der Waals surface area contributed by atoms with Crippen LogP contribution >= 0.6 is 0 Å². The van der Waals surface area contributed by atoms with E-state index >= 15 is 0 Å². The number of carbonyl (C=O) groups excluding carboxylic acids is 1. The standard InChI is InChI=1S/C13H20N4O3/c1-13(2,3)16-12(18)15-9-5-4-6-10(7-9)20-8-11(14)17-19/h4-7,19H,8H2,1-3H3,(H2,14,17)(H2,15,16,18). The lowest BCUT2D eigenvalue weighted by atomic mass is 10.1. The quantitative estimate of drug-likeness (QED) is 0.291. The molecule has 7 nitrogen and oxygen atoms in total. The van der Waals surface area contributed by atoms with Gasteiger partial charge in [-0.15, -0.1) is 0 Å². The molecule has 0 heterocycles. The zero-order valence-electron chi connectivity index (χ0n) is 11.8. The number of rotatable bonds is 4. The highest BCUT2D eigenvalue weighted by Crippen LogP contribution is 2.17. The smallest absolute Gasteiger partial charge is 0.319 e. The van der Waals surface area contributed by atoms with Crippen LogP contribution in [0, 0.1) is 0 Å². The van der Waals surface area contributed by atoms with Gasteiger partial charge in [-0.3, -0.25) is 0 Å². The molecule has 0 fully saturated rings. The fourth-order valence-electron chi connectivity index (χ4n) is 1.35. The maximum absolute atomic E-state index is 11.7. The van der Waals surface area contributed by atoms with E-state index in [0.717, 1.165) is 0 Å². The number of oxime groups is 1. The van der Waals surface area contributed by atoms with E-state index in [1.165, 1.54) is 0 Å². The molecule has 2 amide bonds. The summed E-state index contributed by atoms with van der Waals surface area (Å²) in [6.07, 6.45) is 0. The number of hydrogen-bond acceptors (Lipinski definition) is 4. The van der Waals surface area contributed by atoms with Crippen LogP contribution in [0.2, 0.25) is 0 Å². The van der Waals surface area contributed by atoms with Crippen LogP contribution in [0.25, 0.3) is 0 Å². The highest BCUT2D eigenvalue weighted by molar-refractivity contribution is 5.89. The third-order valence-electron chi connectivity index (χ3n) is 2.10. The number of amides is 2. The highest BCUT2D eigenvalue weighted by Gasteiger charge is 2.13. The predicted molar refractivity (Wildman–Crippen MR) is 77.3 cm³/mol. The van der Waals surface area contributed by atoms with Crippen LogP contribution < -0.4 is 21.1 Å². The van der Waals surface area contributed by atoms with Crippen LogP contribution in [-0.2, 0) is 0 Å². The third kappa shape index (κ3) is 5.94. The van der Waals surface area contributed by atoms with Crippen molar-refractivity contribution >= 4 is 17.6 Å². The number of hydrogen-bond donors (Lipinski definition) is 4. The topological polar surface area (TPSA) is 109 Å². The van der Waals surface area contributed by atoms with Crippen molar-refractivity contribution < 1.29 is 14.7 Å². The van der Waals surface area contributed by atoms with Gasteiger partial charge in [-0.05, 0) is 32.9 Å². The Hall–Kier alpha value is -2.44. The molecular weight excluding hydrogens is 260 g/mol. The zero-order chi connectivity index (χ0) is 15.2. The van der Waals surface area contributed by atoms with E-state index < -0.39 is 0 Å². The molecule has 110 valence electrons. The van der Waals surface area contributed by atoms with E-state index in [0.29, 0.717) is 11.4 Å². The predicted octanol–water partition coefficient (Wildman–Crippen LogP) is 1.73. The van der Waals surface area contributed by atoms with Crippen LogP contribution in [0.15, 0.2) is 29.4 Å². The maximum Gasteiger partial charge on any atom is 0.319 e. The number of carbonyl (C=O) groups is 1. The molecule has 7 heteroatoms. The lowest BCUT2D eigenvalue weighted by molar-refractivity contribution is 0.244. The molecule has 20 heavy (non-hydrogen) atoms. The van der Waals surface area contributed by atoms with Gasteiger partial charge in [0.25, 0.3) is 0 Å². The monoisotopic (exact) mass is 280 g/mol. The number of ether oxygens (including phenoxy) is 1. The van der Waals surface area contributed by atoms with E-state index in [1.807, 2.05) is 20.8 Å². The Kier molecular flexibility index (Phi) is 5.19. The number of urea groups is 1. The average Bonchev–Trinajstić information content (AvgIpc) is 2.34. The van der Waals surface area contributed by atoms with Gasteiger partial charge in [-0.25, -0.2) is 4.79 Å². The van der Waals surface area contributed by atoms with Crippen molar-refractivity contribution in [3.8, 4) is 5.75 Å². The van der Waals surface area contributed by atoms with E-state index in [-0.39, 0.29) is 24.0 Å². The van der Waals surface area contributed by atoms with Crippen LogP contribution in [-0.4, -0.2) is 29.2 Å². The number of nitrogens with two attached hydrogens (primary N) is 1. The second-order valence-corrected chi connectivity index (χ2v) is 5.24. The van der Waals surface area contributed by atoms with Gasteiger partial charge in [-0.2, -0.15) is 0 Å². The maximum atomic E-state index is 11.7. The first kappa shape index (κ1) is 15.6. The van der Waals surface area contributed by atoms with Gasteiger partial charge in [0.15, 0.2) is 5.84 Å². The van der Waals surface area contributed by atoms with Crippen molar-refractivity contribution in [3.05, 3.63) is 24.3 Å². The van der Waals surface area contributed by atoms with Crippen LogP contribution in [0.4, 0.5) is 10.5 Å². The van der Waals surface area contributed by atoms with E-state index in [2.05, 4.69) is 15.8 Å². The van der Waals surface area contributed by atoms with Gasteiger partial charge in [0.05, 0.1) is 0 Å². The van der Waals surface area contributed by atoms with E-state index in [4.69, 9.17) is 15.7 Å². The molecule has 1 rings (SSSR count). The Morgan fingerprint density at radius 3 is 2.75 bits per heavy atom. The molecule has 5 N–H and O–H groups in total. The first-order valence-electron chi connectivity index (χ1n) is 6.08. The summed E-state index contributed by atoms with van der Waals surface area (Å²) in [6, 6.07) is 6.52. The van der Waals surface area contributed by atoms with E-state index in [1.54, 1.807) is 24.3 Å². The summed E-state index contributed by atoms with van der Waals surface area (Å²) in [6.45, 7) is 5.64. The number of amidine groups is 1. The summed E-state index contributed by atoms with van der Waals surface area (Å²) in [4.78, 5) is 11.7. The molecule has 0 aliphatic rings. The van der Waals surface area contributed by atoms with Gasteiger partial charge in [0, 0.05) is 17.3 Å². The molecular formula is C13H20N4O3. The largest absolute Gasteiger partial charge is 0.485 e. The average molecular weight is 280 g/mol. The minimum Gasteiger partial charge on any atom is -0.485 e. The first-order valence-corrected chi connectivity index (χ1v) is 6.08. The summed E-state index contributed by atoms with van der Waals surface area (Å²) in [5, 5.41) is 16.7. The van der Waals surface area contributed by atoms with Gasteiger partial charge in [-0.1, -0.05) is 11.2 Å². The molecule has 0 aromatic heterocycles. The lowest BCUT2D eigenvalue weighted by Crippen LogP contribution is -2.43. The SMILES string of the molecule is CC(C)(C)NC(=O)Nc1cccc(OC/C(N)=N/O)c1. The molecule has 0 atom stereocenters. The summed E-state index contributed by atoms with van der Waals surface area (Å²) in [7, 11) is 0. The van der Waals surface area contributed by atoms with Crippen molar-refractivity contribution in [2.24, 2.45) is 10.9 Å². The van der Waals surface area contributed by atoms with Gasteiger partial charge in [0.2, 0.25) is 0 Å². The minimum absolute atomic E-state index is 0.0335. The summed E-state index contributed by atoms with van der Waals surface area (Å²) < 4.78 is 5.29. The molecule has 0 bridgehead atoms. The fraction of sp³-hybridized carbons (Fsp3) is 0.385. The van der Waals surface area contributed by atoms with E-state index in [9.17, 15) is 4.79 Å². The fourth-order valence-corrected chi connectivity index (χ4v) is 1.35. The Morgan fingerprint density at radius 2 is 2.15 bits per heavy atom. The molecule has 0 saturated heterocycles. The third-order valence-corrected chi connectivity index (χ3v) is 2.10. The molecule has 0 unspecified atom stereocenters. The second kappa shape index (κ2) is 6.65. The molecule has 1 aromatic rings. The lowest BCUT2D eigenvalue weighted by Gasteiger charge is -2.20. The van der Waals surface area contributed by atoms with Gasteiger partial charge >= 0.3 is 6.03 Å². The molecule has 0 saturated carbocycles. The molecule has 0 aliphatic carbocycles. The van der Waals surface area contributed by atoms with Crippen molar-refractivity contribution in [3.63, 3.8) is 0 Å². The zero-order valence-corrected chi connectivity index (χ0v) is 11.8. The van der Waals surface area contributed by atoms with Gasteiger partial charge < -0.3 is 26.3 Å². The summed E-state index contributed by atoms with van der Waals surface area (Å²) in [5.74, 6) is 0.471. The summed E-state index contributed by atoms with van der Waals surface area (Å²) >= 11 is 0. The van der Waals surface area contributed by atoms with Gasteiger partial charge in [0.1, 0.15) is 12.4 Å². The molecule has 0 aliphatic heterocycles. The van der Waals surface area contributed by atoms with Crippen molar-refractivity contribution in [2.75, 3.05) is 11.9 Å². The number of nitrogens with zero attached hydrogens (tertiary/aromatic N) is 1. The molecule has 0 spiro atoms. The van der Waals surface area contributed by atoms with Crippen LogP contribution in [0.1, 0.15) is 20.8 Å². The number of anilines is 1. The molecule has 0 radical (unpaired) electrons. The normalized spacial score (nSPS) is 11.8. The summed E-state index contributed by atoms with van der Waals surface area (Å²) in [5.41, 5.74) is 5.58. The number of benzene rings is 1. The molecule has 1 aromatic carbocycles. The van der Waals surface area contributed by atoms with Crippen molar-refractivity contribution in [2.45, 2.75) is 26.3 Å². The second-order valence-electron chi connectivity index (χ2n) is 5.24. The van der Waals surface area contributed by atoms with Crippen molar-refractivity contribution in [1.29, 1.82) is 0 Å². The number of nitrogens with one attached hydrogen (secondary N) is 2. The Labute approximate surface area is 117 Å². The highest BCUT2D eigenvalue weighted by atomic mass is 16.5.